The fourth-order valence-corrected chi connectivity index (χ4v) is 15.8. The van der Waals surface area contributed by atoms with Crippen LogP contribution in [-0.2, 0) is 131 Å². The van der Waals surface area contributed by atoms with Crippen molar-refractivity contribution in [3.63, 3.8) is 0 Å². The second-order valence-electron chi connectivity index (χ2n) is 30.3. The van der Waals surface area contributed by atoms with Gasteiger partial charge in [-0.25, -0.2) is 4.79 Å². The highest BCUT2D eigenvalue weighted by atomic mass is 16.8. The van der Waals surface area contributed by atoms with Crippen molar-refractivity contribution in [1.29, 1.82) is 0 Å². The fraction of sp³-hybridized carbons (Fsp3) is 0.409. The van der Waals surface area contributed by atoms with E-state index in [9.17, 15) is 26.1 Å². The first-order chi connectivity index (χ1) is 59.7. The number of rotatable bonds is 38. The lowest BCUT2D eigenvalue weighted by molar-refractivity contribution is -0.416. The summed E-state index contributed by atoms with van der Waals surface area (Å²) in [5.41, 5.74) is 28.8. The highest BCUT2D eigenvalue weighted by Crippen LogP contribution is 2.44. The molecule has 9 aromatic carbocycles. The topological polar surface area (TPSA) is 324 Å². The Morgan fingerprint density at radius 2 is 0.818 bits per heavy atom. The van der Waals surface area contributed by atoms with Crippen LogP contribution in [0.2, 0.25) is 0 Å². The SMILES string of the molecule is [N-]=[N+]=N[C@@H]1[C@H](OCCCCCN(Cc2ccccc2)C(=O)OCc2ccccc2)O[C@H](CO)[C@@H](O[C@@H]2O[C@@H]3COC(c4ccccc4)O[C@@H]3[C@H](O)[C@H]2N=[N+]=[N-])[C@H]1O[C@H]1O[C@@H]2COC(c3ccccc3)O[C@H]2[C@@H](OCc2ccccc2)[C@H]1O[C@H]1O[C@H](COCc2ccccc2)[C@@H](OCc2ccccc2)[C@@H](OCc2ccccc2)[C@H]1OCc1ccccc1. The molecule has 6 aliphatic heterocycles. The number of benzene rings is 9. The van der Waals surface area contributed by atoms with E-state index in [1.165, 1.54) is 0 Å². The molecule has 6 fully saturated rings. The molecule has 15 rings (SSSR count). The lowest BCUT2D eigenvalue weighted by Gasteiger charge is -2.53. The zero-order chi connectivity index (χ0) is 82.7. The first kappa shape index (κ1) is 86.1. The molecule has 0 saturated carbocycles. The highest BCUT2D eigenvalue weighted by Gasteiger charge is 2.60. The summed E-state index contributed by atoms with van der Waals surface area (Å²) in [6.45, 7) is 0.0633. The first-order valence-corrected chi connectivity index (χ1v) is 41.1. The molecular weight excluding hydrogens is 1550 g/mol. The van der Waals surface area contributed by atoms with Gasteiger partial charge >= 0.3 is 6.09 Å². The van der Waals surface area contributed by atoms with Crippen LogP contribution in [0.5, 0.6) is 0 Å². The van der Waals surface area contributed by atoms with Gasteiger partial charge in [0, 0.05) is 40.6 Å². The van der Waals surface area contributed by atoms with Gasteiger partial charge in [0.15, 0.2) is 37.7 Å². The van der Waals surface area contributed by atoms with Gasteiger partial charge in [0.25, 0.3) is 0 Å². The Morgan fingerprint density at radius 3 is 1.35 bits per heavy atom. The molecule has 2 unspecified atom stereocenters. The molecule has 0 radical (unpaired) electrons. The number of aliphatic hydroxyl groups excluding tert-OH is 2. The molecule has 28 nitrogen and oxygen atoms in total. The standard InChI is InChI=1S/C93H101N7O21/c94-98-96-75-77(102)78-73(60-110-87(117-78)69-45-25-8-26-46-69)114-90(75)119-80-71(52-101)113-89(105-50-30-10-29-49-100(51-62-31-11-1-12-32-62)93(103)112-58-68-43-23-7-24-44-68)76(97-99-95)82(80)120-92-86(84(108-56-66-39-19-5-20-40-66)81-74(116-92)61-111-88(118-81)70-47-27-9-28-48-70)121-91-85(109-57-67-41-21-6-22-42-67)83(107-55-65-37-17-4-18-38-65)79(106-54-64-35-15-3-16-36-64)72(115-91)59-104-53-63-33-13-2-14-34-63/h1-9,11-28,31-48,71-92,101-102H,10,29-30,49-61H2/t71-,72-,73-,74-,75-,76+,77-,78+,79-,80-,81-,82+,83-,84-,85-,86-,87?,88?,89-,90+,91-,92-/m1/s1. The summed E-state index contributed by atoms with van der Waals surface area (Å²) in [5, 5.41) is 32.9. The highest BCUT2D eigenvalue weighted by molar-refractivity contribution is 5.67. The second-order valence-corrected chi connectivity index (χ2v) is 30.3. The van der Waals surface area contributed by atoms with E-state index in [2.05, 4.69) is 20.1 Å². The normalized spacial score (nSPS) is 28.9. The summed E-state index contributed by atoms with van der Waals surface area (Å²) < 4.78 is 126. The predicted octanol–water partition coefficient (Wildman–Crippen LogP) is 14.6. The second kappa shape index (κ2) is 44.3. The van der Waals surface area contributed by atoms with Gasteiger partial charge in [-0.3, -0.25) is 0 Å². The Hall–Kier alpha value is -9.89. The largest absolute Gasteiger partial charge is 0.445 e. The van der Waals surface area contributed by atoms with Crippen LogP contribution in [0, 0.1) is 0 Å². The van der Waals surface area contributed by atoms with Crippen molar-refractivity contribution in [1.82, 2.24) is 4.90 Å². The van der Waals surface area contributed by atoms with Crippen molar-refractivity contribution in [3.8, 4) is 0 Å². The predicted molar refractivity (Wildman–Crippen MR) is 438 cm³/mol. The van der Waals surface area contributed by atoms with Crippen molar-refractivity contribution in [2.45, 2.75) is 201 Å². The number of carbonyl (C=O) groups excluding carboxylic acids is 1. The minimum Gasteiger partial charge on any atom is -0.445 e. The van der Waals surface area contributed by atoms with E-state index in [4.69, 9.17) is 85.3 Å². The van der Waals surface area contributed by atoms with Gasteiger partial charge in [-0.1, -0.05) is 283 Å². The van der Waals surface area contributed by atoms with E-state index in [-0.39, 0.29) is 66.1 Å². The smallest absolute Gasteiger partial charge is 0.410 e. The number of hydrogen-bond donors (Lipinski definition) is 2. The Labute approximate surface area is 702 Å². The van der Waals surface area contributed by atoms with Gasteiger partial charge in [0.2, 0.25) is 0 Å². The minimum absolute atomic E-state index is 0.00909. The van der Waals surface area contributed by atoms with E-state index < -0.39 is 148 Å². The molecule has 0 spiro atoms. The van der Waals surface area contributed by atoms with E-state index >= 15 is 0 Å². The van der Waals surface area contributed by atoms with Crippen LogP contribution in [-0.4, -0.2) is 183 Å². The molecule has 6 aliphatic rings. The number of fused-ring (bicyclic) bond motifs is 2. The summed E-state index contributed by atoms with van der Waals surface area (Å²) in [7, 11) is 0. The zero-order valence-electron chi connectivity index (χ0n) is 66.8. The molecule has 0 aliphatic carbocycles. The minimum atomic E-state index is -1.70. The Kier molecular flexibility index (Phi) is 31.5. The number of carbonyl (C=O) groups is 1. The lowest BCUT2D eigenvalue weighted by atomic mass is 9.93. The maximum atomic E-state index is 13.9. The maximum absolute atomic E-state index is 13.9. The van der Waals surface area contributed by atoms with Gasteiger partial charge < -0.3 is 100 Å². The number of azide groups is 2. The molecule has 6 saturated heterocycles. The van der Waals surface area contributed by atoms with Crippen LogP contribution in [0.4, 0.5) is 4.79 Å². The zero-order valence-corrected chi connectivity index (χ0v) is 66.8. The van der Waals surface area contributed by atoms with Gasteiger partial charge in [0.1, 0.15) is 98.0 Å². The molecular formula is C93H101N7O21. The molecule has 1 amide bonds. The number of nitrogens with zero attached hydrogens (tertiary/aromatic N) is 7. The molecule has 634 valence electrons. The van der Waals surface area contributed by atoms with Crippen molar-refractivity contribution < 1.29 is 100 Å². The summed E-state index contributed by atoms with van der Waals surface area (Å²) in [6, 6.07) is 83.1. The van der Waals surface area contributed by atoms with Gasteiger partial charge in [-0.2, -0.15) is 0 Å². The third kappa shape index (κ3) is 23.1. The number of ether oxygens (including phenoxy) is 18. The van der Waals surface area contributed by atoms with E-state index in [1.807, 2.05) is 273 Å². The number of amides is 1. The molecule has 0 aromatic heterocycles. The third-order valence-electron chi connectivity index (χ3n) is 22.0. The van der Waals surface area contributed by atoms with Crippen LogP contribution in [0.25, 0.3) is 20.9 Å². The quantitative estimate of drug-likeness (QED) is 0.0157. The molecule has 6 heterocycles. The number of aliphatic hydroxyl groups is 2. The fourth-order valence-electron chi connectivity index (χ4n) is 15.8. The first-order valence-electron chi connectivity index (χ1n) is 41.1. The van der Waals surface area contributed by atoms with E-state index in [1.54, 1.807) is 4.90 Å². The molecule has 28 heteroatoms. The summed E-state index contributed by atoms with van der Waals surface area (Å²) in [4.78, 5) is 22.1. The molecule has 22 atom stereocenters. The number of hydrogen-bond acceptors (Lipinski definition) is 23. The molecule has 0 bridgehead atoms. The average Bonchev–Trinajstić information content (AvgIpc) is 0.746. The van der Waals surface area contributed by atoms with Crippen molar-refractivity contribution in [3.05, 3.63) is 344 Å². The molecule has 2 N–H and O–H groups in total. The van der Waals surface area contributed by atoms with Crippen LogP contribution >= 0.6 is 0 Å². The van der Waals surface area contributed by atoms with E-state index in [0.29, 0.717) is 43.5 Å². The third-order valence-corrected chi connectivity index (χ3v) is 22.0. The average molecular weight is 1650 g/mol. The lowest BCUT2D eigenvalue weighted by Crippen LogP contribution is -2.69. The van der Waals surface area contributed by atoms with Crippen molar-refractivity contribution in [2.24, 2.45) is 10.2 Å². The monoisotopic (exact) mass is 1650 g/mol. The van der Waals surface area contributed by atoms with Crippen LogP contribution in [0.15, 0.2) is 283 Å². The van der Waals surface area contributed by atoms with Gasteiger partial charge in [-0.05, 0) is 69.3 Å². The van der Waals surface area contributed by atoms with Crippen LogP contribution in [0.1, 0.15) is 81.9 Å². The summed E-state index contributed by atoms with van der Waals surface area (Å²) >= 11 is 0. The van der Waals surface area contributed by atoms with Crippen LogP contribution < -0.4 is 0 Å². The number of unbranched alkanes of at least 4 members (excludes halogenated alkanes) is 2. The molecule has 121 heavy (non-hydrogen) atoms. The maximum Gasteiger partial charge on any atom is 0.410 e. The molecule has 9 aromatic rings. The van der Waals surface area contributed by atoms with Crippen molar-refractivity contribution >= 4 is 6.09 Å². The van der Waals surface area contributed by atoms with Gasteiger partial charge in [0.05, 0.1) is 65.6 Å². The summed E-state index contributed by atoms with van der Waals surface area (Å²) in [6.07, 6.45) is -24.6. The Bertz CT molecular complexity index is 4650. The summed E-state index contributed by atoms with van der Waals surface area (Å²) in [5.74, 6) is 0. The Balaban J connectivity index is 0.808. The van der Waals surface area contributed by atoms with Crippen molar-refractivity contribution in [2.75, 3.05) is 39.6 Å². The Morgan fingerprint density at radius 1 is 0.397 bits per heavy atom. The van der Waals surface area contributed by atoms with Gasteiger partial charge in [-0.15, -0.1) is 0 Å². The van der Waals surface area contributed by atoms with E-state index in [0.717, 1.165) is 38.9 Å². The van der Waals surface area contributed by atoms with Crippen LogP contribution in [0.3, 0.4) is 0 Å².